The highest BCUT2D eigenvalue weighted by Crippen LogP contribution is 2.18. The molecule has 104 valence electrons. The molecule has 1 unspecified atom stereocenters. The van der Waals surface area contributed by atoms with E-state index >= 15 is 0 Å². The van der Waals surface area contributed by atoms with Gasteiger partial charge in [-0.15, -0.1) is 0 Å². The molecule has 0 radical (unpaired) electrons. The first-order valence-electron chi connectivity index (χ1n) is 6.38. The molecule has 20 heavy (non-hydrogen) atoms. The Morgan fingerprint density at radius 1 is 1.35 bits per heavy atom. The summed E-state index contributed by atoms with van der Waals surface area (Å²) in [6.07, 6.45) is 0. The van der Waals surface area contributed by atoms with Gasteiger partial charge in [0.25, 0.3) is 5.56 Å². The zero-order valence-electron chi connectivity index (χ0n) is 11.5. The molecule has 2 N–H and O–H groups in total. The highest BCUT2D eigenvalue weighted by molar-refractivity contribution is 7.80. The Kier molecular flexibility index (Phi) is 4.29. The van der Waals surface area contributed by atoms with Gasteiger partial charge in [-0.25, -0.2) is 4.98 Å². The summed E-state index contributed by atoms with van der Waals surface area (Å²) >= 11 is 5.15. The van der Waals surface area contributed by atoms with Crippen LogP contribution in [0.4, 0.5) is 0 Å². The normalized spacial score (nSPS) is 12.1. The van der Waals surface area contributed by atoms with Gasteiger partial charge < -0.3 is 5.73 Å². The minimum absolute atomic E-state index is 0.0767. The molecule has 1 atom stereocenters. The molecule has 1 aromatic carbocycles. The molecule has 0 bridgehead atoms. The van der Waals surface area contributed by atoms with Crippen LogP contribution in [-0.4, -0.2) is 14.5 Å². The molecule has 1 heterocycles. The number of aryl methyl sites for hydroxylation is 2. The van der Waals surface area contributed by atoms with Crippen LogP contribution in [0.3, 0.4) is 0 Å². The van der Waals surface area contributed by atoms with Crippen molar-refractivity contribution in [3.8, 4) is 0 Å². The topological polar surface area (TPSA) is 60.9 Å². The molecule has 2 aromatic rings. The summed E-state index contributed by atoms with van der Waals surface area (Å²) in [6.45, 7) is 4.04. The molecule has 4 nitrogen and oxygen atoms in total. The fraction of sp³-hybridized carbons (Fsp3) is 0.267. The molecule has 0 saturated carbocycles. The largest absolute Gasteiger partial charge is 0.393 e. The summed E-state index contributed by atoms with van der Waals surface area (Å²) in [7, 11) is 0. The van der Waals surface area contributed by atoms with Gasteiger partial charge in [0.15, 0.2) is 0 Å². The fourth-order valence-electron chi connectivity index (χ4n) is 2.21. The third-order valence-electron chi connectivity index (χ3n) is 3.24. The molecule has 0 aliphatic carbocycles. The van der Waals surface area contributed by atoms with Gasteiger partial charge in [0.1, 0.15) is 5.82 Å². The Hall–Kier alpha value is -2.01. The molecule has 2 rings (SSSR count). The lowest BCUT2D eigenvalue weighted by Gasteiger charge is -2.18. The molecule has 0 amide bonds. The smallest absolute Gasteiger partial charge is 0.253 e. The number of rotatable bonds is 4. The van der Waals surface area contributed by atoms with Crippen LogP contribution in [0.5, 0.6) is 0 Å². The molecule has 0 aliphatic heterocycles. The molecule has 0 aliphatic rings. The number of nitrogens with zero attached hydrogens (tertiary/aromatic N) is 2. The number of benzene rings is 1. The van der Waals surface area contributed by atoms with E-state index in [0.717, 1.165) is 11.3 Å². The second kappa shape index (κ2) is 5.96. The Bertz CT molecular complexity index is 679. The molecule has 0 fully saturated rings. The average Bonchev–Trinajstić information content (AvgIpc) is 2.38. The SMILES string of the molecule is Cc1cc(=O)n(CC(C(N)=S)c2ccccc2)c(C)n1. The number of aromatic nitrogens is 2. The van der Waals surface area contributed by atoms with Crippen LogP contribution in [0.15, 0.2) is 41.2 Å². The van der Waals surface area contributed by atoms with Crippen molar-refractivity contribution in [1.29, 1.82) is 0 Å². The van der Waals surface area contributed by atoms with E-state index in [0.29, 0.717) is 17.4 Å². The third kappa shape index (κ3) is 3.11. The molecule has 1 aromatic heterocycles. The van der Waals surface area contributed by atoms with Gasteiger partial charge in [-0.05, 0) is 19.4 Å². The minimum atomic E-state index is -0.174. The molecule has 0 saturated heterocycles. The van der Waals surface area contributed by atoms with Gasteiger partial charge in [0, 0.05) is 18.3 Å². The molecular formula is C15H17N3OS. The van der Waals surface area contributed by atoms with E-state index in [4.69, 9.17) is 18.0 Å². The summed E-state index contributed by atoms with van der Waals surface area (Å²) in [5.41, 5.74) is 7.49. The average molecular weight is 287 g/mol. The Labute approximate surface area is 123 Å². The van der Waals surface area contributed by atoms with E-state index in [1.165, 1.54) is 6.07 Å². The quantitative estimate of drug-likeness (QED) is 0.873. The molecule has 5 heteroatoms. The lowest BCUT2D eigenvalue weighted by Crippen LogP contribution is -2.31. The zero-order valence-corrected chi connectivity index (χ0v) is 12.4. The lowest BCUT2D eigenvalue weighted by molar-refractivity contribution is 0.601. The summed E-state index contributed by atoms with van der Waals surface area (Å²) < 4.78 is 1.61. The second-order valence-electron chi connectivity index (χ2n) is 4.76. The van der Waals surface area contributed by atoms with Crippen molar-refractivity contribution in [2.24, 2.45) is 5.73 Å². The molecule has 0 spiro atoms. The predicted octanol–water partition coefficient (Wildman–Crippen LogP) is 1.93. The first-order valence-corrected chi connectivity index (χ1v) is 6.79. The van der Waals surface area contributed by atoms with Crippen molar-refractivity contribution in [2.45, 2.75) is 26.3 Å². The maximum absolute atomic E-state index is 12.1. The number of hydrogen-bond donors (Lipinski definition) is 1. The van der Waals surface area contributed by atoms with Gasteiger partial charge >= 0.3 is 0 Å². The van der Waals surface area contributed by atoms with Crippen LogP contribution in [-0.2, 0) is 6.54 Å². The standard InChI is InChI=1S/C15H17N3OS/c1-10-8-14(19)18(11(2)17-10)9-13(15(16)20)12-6-4-3-5-7-12/h3-8,13H,9H2,1-2H3,(H2,16,20). The van der Waals surface area contributed by atoms with Crippen molar-refractivity contribution < 1.29 is 0 Å². The van der Waals surface area contributed by atoms with E-state index in [1.54, 1.807) is 11.5 Å². The van der Waals surface area contributed by atoms with Gasteiger partial charge in [-0.2, -0.15) is 0 Å². The summed E-state index contributed by atoms with van der Waals surface area (Å²) in [6, 6.07) is 11.3. The second-order valence-corrected chi connectivity index (χ2v) is 5.23. The van der Waals surface area contributed by atoms with Gasteiger partial charge in [-0.1, -0.05) is 42.5 Å². The minimum Gasteiger partial charge on any atom is -0.393 e. The van der Waals surface area contributed by atoms with E-state index in [2.05, 4.69) is 4.98 Å². The van der Waals surface area contributed by atoms with Crippen molar-refractivity contribution in [2.75, 3.05) is 0 Å². The maximum Gasteiger partial charge on any atom is 0.253 e. The van der Waals surface area contributed by atoms with Gasteiger partial charge in [0.05, 0.1) is 10.9 Å². The van der Waals surface area contributed by atoms with Crippen LogP contribution >= 0.6 is 12.2 Å². The number of hydrogen-bond acceptors (Lipinski definition) is 3. The summed E-state index contributed by atoms with van der Waals surface area (Å²) in [4.78, 5) is 16.8. The van der Waals surface area contributed by atoms with E-state index in [9.17, 15) is 4.79 Å². The highest BCUT2D eigenvalue weighted by Gasteiger charge is 2.17. The number of thiocarbonyl (C=S) groups is 1. The first kappa shape index (κ1) is 14.4. The monoisotopic (exact) mass is 287 g/mol. The fourth-order valence-corrected chi connectivity index (χ4v) is 2.42. The number of nitrogens with two attached hydrogens (primary N) is 1. The lowest BCUT2D eigenvalue weighted by atomic mass is 9.99. The van der Waals surface area contributed by atoms with Gasteiger partial charge in [-0.3, -0.25) is 9.36 Å². The van der Waals surface area contributed by atoms with Crippen LogP contribution < -0.4 is 11.3 Å². The van der Waals surface area contributed by atoms with Crippen molar-refractivity contribution in [3.05, 3.63) is 63.8 Å². The highest BCUT2D eigenvalue weighted by atomic mass is 32.1. The van der Waals surface area contributed by atoms with E-state index in [1.807, 2.05) is 37.3 Å². The van der Waals surface area contributed by atoms with Crippen LogP contribution in [0.1, 0.15) is 23.0 Å². The Morgan fingerprint density at radius 3 is 2.55 bits per heavy atom. The van der Waals surface area contributed by atoms with Crippen LogP contribution in [0, 0.1) is 13.8 Å². The van der Waals surface area contributed by atoms with Gasteiger partial charge in [0.2, 0.25) is 0 Å². The van der Waals surface area contributed by atoms with Crippen molar-refractivity contribution >= 4 is 17.2 Å². The maximum atomic E-state index is 12.1. The first-order chi connectivity index (χ1) is 9.49. The van der Waals surface area contributed by atoms with Crippen molar-refractivity contribution in [3.63, 3.8) is 0 Å². The Balaban J connectivity index is 2.40. The van der Waals surface area contributed by atoms with Crippen molar-refractivity contribution in [1.82, 2.24) is 9.55 Å². The summed E-state index contributed by atoms with van der Waals surface area (Å²) in [5.74, 6) is 0.499. The zero-order chi connectivity index (χ0) is 14.7. The predicted molar refractivity (Wildman–Crippen MR) is 83.9 cm³/mol. The van der Waals surface area contributed by atoms with Crippen LogP contribution in [0.2, 0.25) is 0 Å². The molecular weight excluding hydrogens is 270 g/mol. The Morgan fingerprint density at radius 2 is 2.00 bits per heavy atom. The summed E-state index contributed by atoms with van der Waals surface area (Å²) in [5, 5.41) is 0. The third-order valence-corrected chi connectivity index (χ3v) is 3.52. The van der Waals surface area contributed by atoms with E-state index in [-0.39, 0.29) is 11.5 Å². The van der Waals surface area contributed by atoms with E-state index < -0.39 is 0 Å². The van der Waals surface area contributed by atoms with Crippen LogP contribution in [0.25, 0.3) is 0 Å².